The molecule has 7 heteroatoms. The summed E-state index contributed by atoms with van der Waals surface area (Å²) in [4.78, 5) is 29.6. The number of hydrogen-bond donors (Lipinski definition) is 4. The van der Waals surface area contributed by atoms with Crippen LogP contribution >= 0.6 is 0 Å². The van der Waals surface area contributed by atoms with Gasteiger partial charge in [0.1, 0.15) is 0 Å². The lowest BCUT2D eigenvalue weighted by molar-refractivity contribution is 0.0307. The van der Waals surface area contributed by atoms with Gasteiger partial charge >= 0.3 is 0 Å². The van der Waals surface area contributed by atoms with Crippen LogP contribution < -0.4 is 5.32 Å². The Morgan fingerprint density at radius 2 is 1.55 bits per heavy atom. The smallest absolute Gasteiger partial charge is 0.259 e. The lowest BCUT2D eigenvalue weighted by Gasteiger charge is -2.27. The Labute approximate surface area is 186 Å². The number of nitrogens with zero attached hydrogens (tertiary/aromatic N) is 1. The van der Waals surface area contributed by atoms with Crippen LogP contribution in [0.15, 0.2) is 60.7 Å². The highest BCUT2D eigenvalue weighted by atomic mass is 16.3. The second-order valence-corrected chi connectivity index (χ2v) is 8.81. The van der Waals surface area contributed by atoms with Gasteiger partial charge in [-0.1, -0.05) is 48.6 Å². The van der Waals surface area contributed by atoms with Crippen LogP contribution in [-0.2, 0) is 0 Å². The Balaban J connectivity index is 1.76. The lowest BCUT2D eigenvalue weighted by atomic mass is 9.95. The first-order chi connectivity index (χ1) is 16.0. The third-order valence-corrected chi connectivity index (χ3v) is 7.02. The van der Waals surface area contributed by atoms with Crippen molar-refractivity contribution >= 4 is 55.4 Å². The molecule has 0 fully saturated rings. The number of carbonyl (C=O) groups is 2. The van der Waals surface area contributed by atoms with E-state index < -0.39 is 18.1 Å². The van der Waals surface area contributed by atoms with E-state index in [1.165, 1.54) is 0 Å². The molecule has 2 aliphatic rings. The third-order valence-electron chi connectivity index (χ3n) is 7.02. The molecule has 2 amide bonds. The summed E-state index contributed by atoms with van der Waals surface area (Å²) < 4.78 is 2.12. The van der Waals surface area contributed by atoms with Crippen molar-refractivity contribution in [1.29, 1.82) is 0 Å². The van der Waals surface area contributed by atoms with Gasteiger partial charge in [-0.3, -0.25) is 14.9 Å². The molecule has 162 valence electrons. The van der Waals surface area contributed by atoms with E-state index in [0.29, 0.717) is 17.5 Å². The summed E-state index contributed by atoms with van der Waals surface area (Å²) in [5.41, 5.74) is 4.15. The maximum Gasteiger partial charge on any atom is 0.259 e. The summed E-state index contributed by atoms with van der Waals surface area (Å²) in [5, 5.41) is 26.1. The number of fused-ring (bicyclic) bond motifs is 10. The average molecular weight is 437 g/mol. The zero-order valence-corrected chi connectivity index (χ0v) is 17.4. The first-order valence-corrected chi connectivity index (χ1v) is 10.9. The molecule has 3 heterocycles. The minimum absolute atomic E-state index is 0.237. The highest BCUT2D eigenvalue weighted by Crippen LogP contribution is 2.45. The molecule has 33 heavy (non-hydrogen) atoms. The molecule has 4 N–H and O–H groups in total. The summed E-state index contributed by atoms with van der Waals surface area (Å²) in [5.74, 6) is -0.788. The van der Waals surface area contributed by atoms with E-state index in [1.807, 2.05) is 54.6 Å². The topological polar surface area (TPSA) is 107 Å². The summed E-state index contributed by atoms with van der Waals surface area (Å²) >= 11 is 0. The zero-order chi connectivity index (χ0) is 22.4. The fourth-order valence-electron chi connectivity index (χ4n) is 5.65. The molecule has 0 saturated heterocycles. The molecule has 5 aromatic rings. The van der Waals surface area contributed by atoms with Gasteiger partial charge in [0.2, 0.25) is 0 Å². The number of aliphatic hydroxyl groups is 2. The molecular weight excluding hydrogens is 418 g/mol. The quantitative estimate of drug-likeness (QED) is 0.238. The predicted octanol–water partition coefficient (Wildman–Crippen LogP) is 3.54. The first kappa shape index (κ1) is 18.6. The van der Waals surface area contributed by atoms with E-state index in [1.54, 1.807) is 6.08 Å². The fourth-order valence-corrected chi connectivity index (χ4v) is 5.65. The van der Waals surface area contributed by atoms with Gasteiger partial charge in [0.15, 0.2) is 0 Å². The minimum atomic E-state index is -0.907. The van der Waals surface area contributed by atoms with Gasteiger partial charge in [-0.2, -0.15) is 0 Å². The average Bonchev–Trinajstić information content (AvgIpc) is 3.45. The van der Waals surface area contributed by atoms with Crippen molar-refractivity contribution in [3.63, 3.8) is 0 Å². The third kappa shape index (κ3) is 2.30. The maximum atomic E-state index is 13.1. The number of H-pyrrole nitrogens is 1. The van der Waals surface area contributed by atoms with E-state index >= 15 is 0 Å². The van der Waals surface area contributed by atoms with Crippen molar-refractivity contribution in [3.8, 4) is 0 Å². The number of aromatic nitrogens is 2. The number of carbonyl (C=O) groups excluding carboxylic acids is 2. The van der Waals surface area contributed by atoms with Crippen LogP contribution in [0.5, 0.6) is 0 Å². The van der Waals surface area contributed by atoms with Crippen molar-refractivity contribution < 1.29 is 19.8 Å². The predicted molar refractivity (Wildman–Crippen MR) is 125 cm³/mol. The molecule has 0 bridgehead atoms. The summed E-state index contributed by atoms with van der Waals surface area (Å²) in [6, 6.07) is 15.3. The van der Waals surface area contributed by atoms with Gasteiger partial charge in [-0.15, -0.1) is 0 Å². The number of amides is 2. The Hall–Kier alpha value is -3.94. The molecule has 1 aliphatic heterocycles. The molecule has 0 unspecified atom stereocenters. The van der Waals surface area contributed by atoms with Crippen LogP contribution in [0.3, 0.4) is 0 Å². The van der Waals surface area contributed by atoms with Crippen LogP contribution in [0, 0.1) is 0 Å². The molecule has 2 aromatic heterocycles. The standard InChI is InChI=1S/C26H19N3O4/c30-17-10-9-12(11-18(17)31)29-16-8-4-2-6-14(16)20-22-21(25(32)28-26(22)33)19-13-5-1-3-7-15(13)27-23(19)24(20)29/h1-10,12,17-18,27,30-31H,11H2,(H,28,32,33)/t12-,17+,18-/m1/s1. The Morgan fingerprint density at radius 3 is 2.33 bits per heavy atom. The van der Waals surface area contributed by atoms with Crippen molar-refractivity contribution in [2.75, 3.05) is 0 Å². The van der Waals surface area contributed by atoms with Crippen LogP contribution in [0.4, 0.5) is 0 Å². The molecule has 0 spiro atoms. The van der Waals surface area contributed by atoms with Crippen LogP contribution in [0.25, 0.3) is 43.6 Å². The largest absolute Gasteiger partial charge is 0.390 e. The Bertz CT molecular complexity index is 1710. The number of benzene rings is 3. The number of imide groups is 1. The van der Waals surface area contributed by atoms with E-state index in [9.17, 15) is 19.8 Å². The highest BCUT2D eigenvalue weighted by molar-refractivity contribution is 6.39. The molecule has 7 rings (SSSR count). The van der Waals surface area contributed by atoms with Crippen LogP contribution in [0.1, 0.15) is 33.2 Å². The van der Waals surface area contributed by atoms with Gasteiger partial charge in [-0.05, 0) is 12.1 Å². The second-order valence-electron chi connectivity index (χ2n) is 8.81. The number of rotatable bonds is 1. The molecule has 0 radical (unpaired) electrons. The summed E-state index contributed by atoms with van der Waals surface area (Å²) in [6.07, 6.45) is 2.04. The first-order valence-electron chi connectivity index (χ1n) is 10.9. The number of aliphatic hydroxyl groups excluding tert-OH is 2. The lowest BCUT2D eigenvalue weighted by Crippen LogP contribution is -2.30. The summed E-state index contributed by atoms with van der Waals surface area (Å²) in [6.45, 7) is 0. The Kier molecular flexibility index (Phi) is 3.56. The van der Waals surface area contributed by atoms with E-state index in [-0.39, 0.29) is 11.9 Å². The van der Waals surface area contributed by atoms with Crippen LogP contribution in [0.2, 0.25) is 0 Å². The number of allylic oxidation sites excluding steroid dienone is 1. The zero-order valence-electron chi connectivity index (χ0n) is 17.4. The number of aromatic amines is 1. The van der Waals surface area contributed by atoms with Crippen molar-refractivity contribution in [2.24, 2.45) is 0 Å². The Morgan fingerprint density at radius 1 is 0.848 bits per heavy atom. The molecule has 1 aliphatic carbocycles. The SMILES string of the molecule is O=C1NC(=O)c2c1c1c3ccccc3[nH]c1c1c2c2ccccc2n1[C@@H]1C=C[C@H](O)[C@H](O)C1. The monoisotopic (exact) mass is 437 g/mol. The van der Waals surface area contributed by atoms with E-state index in [0.717, 1.165) is 43.6 Å². The van der Waals surface area contributed by atoms with Crippen molar-refractivity contribution in [3.05, 3.63) is 71.8 Å². The number of nitrogens with one attached hydrogen (secondary N) is 2. The normalized spacial score (nSPS) is 22.7. The molecular formula is C26H19N3O4. The summed E-state index contributed by atoms with van der Waals surface area (Å²) in [7, 11) is 0. The van der Waals surface area contributed by atoms with Crippen molar-refractivity contribution in [2.45, 2.75) is 24.7 Å². The molecule has 3 atom stereocenters. The van der Waals surface area contributed by atoms with Crippen molar-refractivity contribution in [1.82, 2.24) is 14.9 Å². The van der Waals surface area contributed by atoms with Gasteiger partial charge in [-0.25, -0.2) is 0 Å². The van der Waals surface area contributed by atoms with E-state index in [4.69, 9.17) is 0 Å². The van der Waals surface area contributed by atoms with E-state index in [2.05, 4.69) is 14.9 Å². The number of para-hydroxylation sites is 2. The highest BCUT2D eigenvalue weighted by Gasteiger charge is 2.37. The molecule has 3 aromatic carbocycles. The van der Waals surface area contributed by atoms with Gasteiger partial charge in [0.25, 0.3) is 11.8 Å². The maximum absolute atomic E-state index is 13.1. The van der Waals surface area contributed by atoms with Crippen LogP contribution in [-0.4, -0.2) is 43.8 Å². The second kappa shape index (κ2) is 6.31. The number of hydrogen-bond acceptors (Lipinski definition) is 4. The minimum Gasteiger partial charge on any atom is -0.390 e. The van der Waals surface area contributed by atoms with Gasteiger partial charge in [0.05, 0.1) is 40.4 Å². The fraction of sp³-hybridized carbons (Fsp3) is 0.154. The molecule has 7 nitrogen and oxygen atoms in total. The molecule has 0 saturated carbocycles. The van der Waals surface area contributed by atoms with Gasteiger partial charge in [0, 0.05) is 39.0 Å². The van der Waals surface area contributed by atoms with Gasteiger partial charge < -0.3 is 19.8 Å².